The van der Waals surface area contributed by atoms with Gasteiger partial charge < -0.3 is 15.8 Å². The molecule has 0 amide bonds. The fourth-order valence-electron chi connectivity index (χ4n) is 3.79. The van der Waals surface area contributed by atoms with Crippen molar-refractivity contribution in [2.75, 3.05) is 12.4 Å². The summed E-state index contributed by atoms with van der Waals surface area (Å²) in [5, 5.41) is 4.26. The maximum atomic E-state index is 6.60. The van der Waals surface area contributed by atoms with E-state index in [-0.39, 0.29) is 12.0 Å². The molecule has 0 aliphatic heterocycles. The second kappa shape index (κ2) is 7.63. The van der Waals surface area contributed by atoms with Crippen LogP contribution in [0.3, 0.4) is 0 Å². The summed E-state index contributed by atoms with van der Waals surface area (Å²) in [7, 11) is 1.68. The first-order valence-corrected chi connectivity index (χ1v) is 9.52. The largest absolute Gasteiger partial charge is 0.497 e. The molecule has 2 atom stereocenters. The molecule has 1 aliphatic rings. The second-order valence-electron chi connectivity index (χ2n) is 7.01. The minimum absolute atomic E-state index is 0.0128. The molecule has 27 heavy (non-hydrogen) atoms. The highest BCUT2D eigenvalue weighted by molar-refractivity contribution is 6.30. The quantitative estimate of drug-likeness (QED) is 0.633. The van der Waals surface area contributed by atoms with E-state index in [9.17, 15) is 0 Å². The molecule has 4 rings (SSSR count). The van der Waals surface area contributed by atoms with Crippen molar-refractivity contribution in [2.24, 2.45) is 5.73 Å². The van der Waals surface area contributed by atoms with Gasteiger partial charge in [-0.05, 0) is 65.1 Å². The predicted octanol–water partition coefficient (Wildman–Crippen LogP) is 5.30. The molecule has 0 spiro atoms. The predicted molar refractivity (Wildman–Crippen MR) is 112 cm³/mol. The first kappa shape index (κ1) is 17.9. The van der Waals surface area contributed by atoms with Gasteiger partial charge in [0.25, 0.3) is 0 Å². The number of ether oxygens (including phenoxy) is 1. The minimum atomic E-state index is -0.0128. The van der Waals surface area contributed by atoms with Gasteiger partial charge in [-0.15, -0.1) is 0 Å². The van der Waals surface area contributed by atoms with Crippen LogP contribution in [0.15, 0.2) is 66.7 Å². The molecule has 4 heteroatoms. The van der Waals surface area contributed by atoms with E-state index in [1.807, 2.05) is 30.3 Å². The van der Waals surface area contributed by atoms with Crippen molar-refractivity contribution in [3.05, 3.63) is 94.0 Å². The number of halogens is 1. The van der Waals surface area contributed by atoms with Crippen LogP contribution < -0.4 is 15.8 Å². The first-order chi connectivity index (χ1) is 13.1. The Morgan fingerprint density at radius 3 is 2.63 bits per heavy atom. The summed E-state index contributed by atoms with van der Waals surface area (Å²) in [5.74, 6) is 1.14. The summed E-state index contributed by atoms with van der Waals surface area (Å²) in [5.41, 5.74) is 12.6. The fraction of sp³-hybridized carbons (Fsp3) is 0.217. The highest BCUT2D eigenvalue weighted by Gasteiger charge is 2.31. The summed E-state index contributed by atoms with van der Waals surface area (Å²) in [6.45, 7) is 0.760. The number of anilines is 1. The molecule has 0 saturated carbocycles. The van der Waals surface area contributed by atoms with E-state index in [1.54, 1.807) is 7.11 Å². The van der Waals surface area contributed by atoms with Crippen molar-refractivity contribution in [1.82, 2.24) is 0 Å². The van der Waals surface area contributed by atoms with Crippen LogP contribution in [0, 0.1) is 0 Å². The van der Waals surface area contributed by atoms with E-state index in [2.05, 4.69) is 41.7 Å². The van der Waals surface area contributed by atoms with Crippen molar-refractivity contribution in [1.29, 1.82) is 0 Å². The Morgan fingerprint density at radius 1 is 1.07 bits per heavy atom. The Labute approximate surface area is 165 Å². The van der Waals surface area contributed by atoms with Gasteiger partial charge in [0.1, 0.15) is 5.75 Å². The number of methoxy groups -OCH3 is 1. The average Bonchev–Trinajstić information content (AvgIpc) is 3.03. The number of benzene rings is 3. The van der Waals surface area contributed by atoms with Crippen LogP contribution in [-0.2, 0) is 13.0 Å². The molecule has 0 aromatic heterocycles. The van der Waals surface area contributed by atoms with Crippen LogP contribution in [0.1, 0.15) is 34.2 Å². The zero-order chi connectivity index (χ0) is 18.8. The van der Waals surface area contributed by atoms with Gasteiger partial charge in [-0.3, -0.25) is 0 Å². The lowest BCUT2D eigenvalue weighted by atomic mass is 9.93. The fourth-order valence-corrected chi connectivity index (χ4v) is 3.99. The lowest BCUT2D eigenvalue weighted by molar-refractivity contribution is 0.414. The van der Waals surface area contributed by atoms with Crippen LogP contribution in [-0.4, -0.2) is 7.11 Å². The van der Waals surface area contributed by atoms with Crippen molar-refractivity contribution in [3.8, 4) is 5.75 Å². The molecule has 1 aliphatic carbocycles. The summed E-state index contributed by atoms with van der Waals surface area (Å²) in [6, 6.07) is 22.6. The van der Waals surface area contributed by atoms with E-state index in [1.165, 1.54) is 22.3 Å². The molecule has 138 valence electrons. The van der Waals surface area contributed by atoms with Crippen molar-refractivity contribution < 1.29 is 4.74 Å². The Morgan fingerprint density at radius 2 is 1.89 bits per heavy atom. The minimum Gasteiger partial charge on any atom is -0.497 e. The van der Waals surface area contributed by atoms with Gasteiger partial charge in [-0.25, -0.2) is 0 Å². The van der Waals surface area contributed by atoms with Gasteiger partial charge >= 0.3 is 0 Å². The van der Waals surface area contributed by atoms with Crippen molar-refractivity contribution in [2.45, 2.75) is 24.9 Å². The Kier molecular flexibility index (Phi) is 5.06. The molecule has 3 aromatic carbocycles. The van der Waals surface area contributed by atoms with Gasteiger partial charge in [0.05, 0.1) is 7.11 Å². The van der Waals surface area contributed by atoms with Crippen LogP contribution in [0.2, 0.25) is 5.02 Å². The van der Waals surface area contributed by atoms with Crippen LogP contribution in [0.5, 0.6) is 5.75 Å². The zero-order valence-corrected chi connectivity index (χ0v) is 16.0. The van der Waals surface area contributed by atoms with Gasteiger partial charge in [-0.1, -0.05) is 41.9 Å². The molecule has 0 radical (unpaired) electrons. The van der Waals surface area contributed by atoms with Gasteiger partial charge in [0.15, 0.2) is 0 Å². The molecule has 0 heterocycles. The average molecular weight is 379 g/mol. The SMILES string of the molecule is COc1ccc(CNc2ccc3c(c2)C(N)C(c2cccc(Cl)c2)C3)cc1. The highest BCUT2D eigenvalue weighted by atomic mass is 35.5. The lowest BCUT2D eigenvalue weighted by Gasteiger charge is -2.17. The van der Waals surface area contributed by atoms with Crippen LogP contribution in [0.25, 0.3) is 0 Å². The summed E-state index contributed by atoms with van der Waals surface area (Å²) in [4.78, 5) is 0. The third kappa shape index (κ3) is 3.80. The number of nitrogens with two attached hydrogens (primary N) is 1. The van der Waals surface area contributed by atoms with Crippen molar-refractivity contribution in [3.63, 3.8) is 0 Å². The molecule has 3 N–H and O–H groups in total. The zero-order valence-electron chi connectivity index (χ0n) is 15.3. The maximum Gasteiger partial charge on any atom is 0.118 e. The summed E-state index contributed by atoms with van der Waals surface area (Å²) >= 11 is 6.17. The Balaban J connectivity index is 1.48. The molecule has 0 bridgehead atoms. The molecular formula is C23H23ClN2O. The van der Waals surface area contributed by atoms with E-state index in [0.29, 0.717) is 0 Å². The number of hydrogen-bond acceptors (Lipinski definition) is 3. The van der Waals surface area contributed by atoms with E-state index in [4.69, 9.17) is 22.1 Å². The van der Waals surface area contributed by atoms with E-state index >= 15 is 0 Å². The lowest BCUT2D eigenvalue weighted by Crippen LogP contribution is -2.15. The third-order valence-electron chi connectivity index (χ3n) is 5.31. The Bertz CT molecular complexity index is 939. The van der Waals surface area contributed by atoms with E-state index in [0.717, 1.165) is 29.4 Å². The topological polar surface area (TPSA) is 47.3 Å². The molecule has 0 fully saturated rings. The van der Waals surface area contributed by atoms with Gasteiger partial charge in [0, 0.05) is 29.2 Å². The number of fused-ring (bicyclic) bond motifs is 1. The smallest absolute Gasteiger partial charge is 0.118 e. The summed E-state index contributed by atoms with van der Waals surface area (Å²) in [6.07, 6.45) is 0.954. The van der Waals surface area contributed by atoms with Crippen molar-refractivity contribution >= 4 is 17.3 Å². The molecule has 3 nitrogen and oxygen atoms in total. The number of hydrogen-bond donors (Lipinski definition) is 2. The molecule has 3 aromatic rings. The monoisotopic (exact) mass is 378 g/mol. The normalized spacial score (nSPS) is 18.2. The highest BCUT2D eigenvalue weighted by Crippen LogP contribution is 2.42. The second-order valence-corrected chi connectivity index (χ2v) is 7.44. The number of nitrogens with one attached hydrogen (secondary N) is 1. The maximum absolute atomic E-state index is 6.60. The third-order valence-corrected chi connectivity index (χ3v) is 5.55. The van der Waals surface area contributed by atoms with Crippen LogP contribution in [0.4, 0.5) is 5.69 Å². The number of rotatable bonds is 5. The molecule has 2 unspecified atom stereocenters. The van der Waals surface area contributed by atoms with E-state index < -0.39 is 0 Å². The molecular weight excluding hydrogens is 356 g/mol. The Hall–Kier alpha value is -2.49. The first-order valence-electron chi connectivity index (χ1n) is 9.15. The van der Waals surface area contributed by atoms with Gasteiger partial charge in [-0.2, -0.15) is 0 Å². The molecule has 0 saturated heterocycles. The van der Waals surface area contributed by atoms with Crippen LogP contribution >= 0.6 is 11.6 Å². The van der Waals surface area contributed by atoms with Gasteiger partial charge in [0.2, 0.25) is 0 Å². The standard InChI is InChI=1S/C23H23ClN2O/c1-27-20-9-5-15(6-10-20)14-26-19-8-7-17-12-21(23(25)22(17)13-19)16-3-2-4-18(24)11-16/h2-11,13,21,23,26H,12,14,25H2,1H3. The summed E-state index contributed by atoms with van der Waals surface area (Å²) < 4.78 is 5.21.